The highest BCUT2D eigenvalue weighted by atomic mass is 32.2. The molecule has 56 valence electrons. The molecule has 0 amide bonds. The van der Waals surface area contributed by atoms with Crippen molar-refractivity contribution in [3.05, 3.63) is 0 Å². The number of aliphatic hydroxyl groups is 2. The Labute approximate surface area is 60.3 Å². The maximum atomic E-state index is 8.77. The first kappa shape index (κ1) is 9.27. The van der Waals surface area contributed by atoms with Crippen LogP contribution < -0.4 is 0 Å². The molecule has 0 saturated heterocycles. The van der Waals surface area contributed by atoms with E-state index in [1.54, 1.807) is 18.7 Å². The minimum absolute atomic E-state index is 0.214. The summed E-state index contributed by atoms with van der Waals surface area (Å²) in [4.78, 5) is 0. The van der Waals surface area contributed by atoms with Crippen LogP contribution >= 0.6 is 11.8 Å². The standard InChI is InChI=1S/C6H14O2S/c1-6(8)5-9-4-2-3-7/h6-8H,2-5H2,1H3. The van der Waals surface area contributed by atoms with Crippen LogP contribution in [0.1, 0.15) is 13.3 Å². The zero-order valence-corrected chi connectivity index (χ0v) is 6.52. The summed E-state index contributed by atoms with van der Waals surface area (Å²) in [6.07, 6.45) is 0.617. The minimum atomic E-state index is -0.214. The molecule has 0 saturated carbocycles. The van der Waals surface area contributed by atoms with Gasteiger partial charge in [0, 0.05) is 12.4 Å². The SMILES string of the molecule is CC(O)CSCCCO. The first-order valence-corrected chi connectivity index (χ1v) is 4.29. The van der Waals surface area contributed by atoms with Gasteiger partial charge in [0.2, 0.25) is 0 Å². The van der Waals surface area contributed by atoms with Crippen molar-refractivity contribution in [1.82, 2.24) is 0 Å². The lowest BCUT2D eigenvalue weighted by Gasteiger charge is -2.01. The van der Waals surface area contributed by atoms with Gasteiger partial charge in [0.05, 0.1) is 6.10 Å². The monoisotopic (exact) mass is 150 g/mol. The summed E-state index contributed by atoms with van der Waals surface area (Å²) in [5.74, 6) is 1.72. The van der Waals surface area contributed by atoms with Crippen LogP contribution in [0, 0.1) is 0 Å². The van der Waals surface area contributed by atoms with Crippen LogP contribution in [0.4, 0.5) is 0 Å². The van der Waals surface area contributed by atoms with Crippen molar-refractivity contribution in [2.45, 2.75) is 19.4 Å². The van der Waals surface area contributed by atoms with E-state index in [2.05, 4.69) is 0 Å². The lowest BCUT2D eigenvalue weighted by Crippen LogP contribution is -2.03. The molecule has 2 nitrogen and oxygen atoms in total. The van der Waals surface area contributed by atoms with E-state index >= 15 is 0 Å². The molecule has 0 radical (unpaired) electrons. The number of rotatable bonds is 5. The molecule has 0 spiro atoms. The van der Waals surface area contributed by atoms with Gasteiger partial charge in [-0.3, -0.25) is 0 Å². The maximum absolute atomic E-state index is 8.77. The van der Waals surface area contributed by atoms with E-state index < -0.39 is 0 Å². The zero-order valence-electron chi connectivity index (χ0n) is 5.71. The first-order valence-electron chi connectivity index (χ1n) is 3.14. The number of hydrogen-bond acceptors (Lipinski definition) is 3. The lowest BCUT2D eigenvalue weighted by atomic mass is 10.5. The Morgan fingerprint density at radius 2 is 2.22 bits per heavy atom. The van der Waals surface area contributed by atoms with Crippen molar-refractivity contribution < 1.29 is 10.2 Å². The molecule has 0 rings (SSSR count). The highest BCUT2D eigenvalue weighted by molar-refractivity contribution is 7.99. The fourth-order valence-corrected chi connectivity index (χ4v) is 1.26. The third-order valence-corrected chi connectivity index (χ3v) is 2.10. The average molecular weight is 150 g/mol. The molecule has 2 N–H and O–H groups in total. The quantitative estimate of drug-likeness (QED) is 0.560. The molecule has 0 bridgehead atoms. The largest absolute Gasteiger partial charge is 0.396 e. The lowest BCUT2D eigenvalue weighted by molar-refractivity contribution is 0.220. The molecule has 0 aromatic carbocycles. The topological polar surface area (TPSA) is 40.5 Å². The van der Waals surface area contributed by atoms with E-state index in [-0.39, 0.29) is 12.7 Å². The predicted octanol–water partition coefficient (Wildman–Crippen LogP) is 0.483. The van der Waals surface area contributed by atoms with Crippen molar-refractivity contribution in [3.63, 3.8) is 0 Å². The molecular weight excluding hydrogens is 136 g/mol. The second kappa shape index (κ2) is 6.39. The molecule has 1 unspecified atom stereocenters. The zero-order chi connectivity index (χ0) is 7.11. The second-order valence-corrected chi connectivity index (χ2v) is 3.15. The fourth-order valence-electron chi connectivity index (χ4n) is 0.421. The molecule has 1 atom stereocenters. The van der Waals surface area contributed by atoms with Gasteiger partial charge in [-0.2, -0.15) is 11.8 Å². The first-order chi connectivity index (χ1) is 4.27. The summed E-state index contributed by atoms with van der Waals surface area (Å²) >= 11 is 1.68. The van der Waals surface area contributed by atoms with Gasteiger partial charge in [0.1, 0.15) is 0 Å². The third-order valence-electron chi connectivity index (χ3n) is 0.806. The van der Waals surface area contributed by atoms with Crippen LogP contribution in [0.15, 0.2) is 0 Å². The predicted molar refractivity (Wildman–Crippen MR) is 40.7 cm³/mol. The van der Waals surface area contributed by atoms with Gasteiger partial charge in [0.15, 0.2) is 0 Å². The molecule has 0 fully saturated rings. The van der Waals surface area contributed by atoms with E-state index in [9.17, 15) is 0 Å². The maximum Gasteiger partial charge on any atom is 0.0602 e. The summed E-state index contributed by atoms with van der Waals surface area (Å²) in [7, 11) is 0. The molecule has 0 aliphatic heterocycles. The molecular formula is C6H14O2S. The van der Waals surface area contributed by atoms with Crippen LogP contribution in [-0.4, -0.2) is 34.4 Å². The number of hydrogen-bond donors (Lipinski definition) is 2. The van der Waals surface area contributed by atoms with E-state index in [1.165, 1.54) is 0 Å². The van der Waals surface area contributed by atoms with E-state index in [0.29, 0.717) is 0 Å². The van der Waals surface area contributed by atoms with Crippen LogP contribution in [0.2, 0.25) is 0 Å². The Kier molecular flexibility index (Phi) is 6.58. The van der Waals surface area contributed by atoms with Gasteiger partial charge in [-0.15, -0.1) is 0 Å². The van der Waals surface area contributed by atoms with E-state index in [4.69, 9.17) is 10.2 Å². The number of aliphatic hydroxyl groups excluding tert-OH is 2. The van der Waals surface area contributed by atoms with Gasteiger partial charge < -0.3 is 10.2 Å². The molecule has 0 aromatic rings. The Morgan fingerprint density at radius 1 is 1.56 bits per heavy atom. The summed E-state index contributed by atoms with van der Waals surface area (Å²) < 4.78 is 0. The molecule has 0 heterocycles. The normalized spacial score (nSPS) is 13.7. The van der Waals surface area contributed by atoms with E-state index in [1.807, 2.05) is 0 Å². The Hall–Kier alpha value is 0.270. The van der Waals surface area contributed by atoms with Gasteiger partial charge in [0.25, 0.3) is 0 Å². The van der Waals surface area contributed by atoms with Crippen molar-refractivity contribution in [2.24, 2.45) is 0 Å². The molecule has 3 heteroatoms. The van der Waals surface area contributed by atoms with Crippen molar-refractivity contribution in [2.75, 3.05) is 18.1 Å². The smallest absolute Gasteiger partial charge is 0.0602 e. The van der Waals surface area contributed by atoms with Gasteiger partial charge in [-0.25, -0.2) is 0 Å². The number of thioether (sulfide) groups is 1. The summed E-state index contributed by atoms with van der Waals surface area (Å²) in [5.41, 5.74) is 0. The van der Waals surface area contributed by atoms with Crippen LogP contribution in [0.25, 0.3) is 0 Å². The van der Waals surface area contributed by atoms with Crippen molar-refractivity contribution in [1.29, 1.82) is 0 Å². The molecule has 9 heavy (non-hydrogen) atoms. The van der Waals surface area contributed by atoms with Crippen molar-refractivity contribution >= 4 is 11.8 Å². The highest BCUT2D eigenvalue weighted by Gasteiger charge is 1.93. The molecule has 0 aliphatic carbocycles. The third kappa shape index (κ3) is 8.27. The van der Waals surface area contributed by atoms with Crippen molar-refractivity contribution in [3.8, 4) is 0 Å². The minimum Gasteiger partial charge on any atom is -0.396 e. The Morgan fingerprint density at radius 3 is 2.67 bits per heavy atom. The average Bonchev–Trinajstić information content (AvgIpc) is 1.80. The van der Waals surface area contributed by atoms with Gasteiger partial charge in [-0.05, 0) is 19.1 Å². The van der Waals surface area contributed by atoms with Gasteiger partial charge >= 0.3 is 0 Å². The van der Waals surface area contributed by atoms with Crippen LogP contribution in [0.5, 0.6) is 0 Å². The Bertz CT molecular complexity index is 57.0. The summed E-state index contributed by atoms with van der Waals surface area (Å²) in [6, 6.07) is 0. The van der Waals surface area contributed by atoms with Crippen LogP contribution in [0.3, 0.4) is 0 Å². The summed E-state index contributed by atoms with van der Waals surface area (Å²) in [5, 5.41) is 17.1. The van der Waals surface area contributed by atoms with Gasteiger partial charge in [-0.1, -0.05) is 0 Å². The fraction of sp³-hybridized carbons (Fsp3) is 1.00. The highest BCUT2D eigenvalue weighted by Crippen LogP contribution is 2.03. The Balaban J connectivity index is 2.75. The van der Waals surface area contributed by atoms with Crippen LogP contribution in [-0.2, 0) is 0 Å². The van der Waals surface area contributed by atoms with E-state index in [0.717, 1.165) is 17.9 Å². The second-order valence-electron chi connectivity index (χ2n) is 2.00. The molecule has 0 aliphatic rings. The molecule has 0 aromatic heterocycles. The summed E-state index contributed by atoms with van der Waals surface area (Å²) in [6.45, 7) is 2.03.